The van der Waals surface area contributed by atoms with Crippen LogP contribution in [0.4, 0.5) is 22.0 Å². The van der Waals surface area contributed by atoms with Gasteiger partial charge in [0, 0.05) is 11.4 Å². The zero-order valence-electron chi connectivity index (χ0n) is 15.3. The maximum Gasteiger partial charge on any atom is 0.400 e. The van der Waals surface area contributed by atoms with E-state index in [1.807, 2.05) is 0 Å². The Balaban J connectivity index is 2.91. The molecule has 1 atom stereocenters. The van der Waals surface area contributed by atoms with Gasteiger partial charge in [-0.05, 0) is 30.7 Å². The van der Waals surface area contributed by atoms with E-state index in [0.29, 0.717) is 6.08 Å². The van der Waals surface area contributed by atoms with Crippen molar-refractivity contribution >= 4 is 28.4 Å². The average Bonchev–Trinajstić information content (AvgIpc) is 2.63. The van der Waals surface area contributed by atoms with Crippen molar-refractivity contribution in [3.63, 3.8) is 0 Å². The second-order valence-electron chi connectivity index (χ2n) is 5.63. The minimum atomic E-state index is -4.66. The summed E-state index contributed by atoms with van der Waals surface area (Å²) in [4.78, 5) is 11.3. The molecule has 0 fully saturated rings. The van der Waals surface area contributed by atoms with E-state index in [-0.39, 0.29) is 28.3 Å². The molecule has 0 aromatic heterocycles. The molecule has 1 rings (SSSR count). The zero-order valence-corrected chi connectivity index (χ0v) is 16.9. The largest absolute Gasteiger partial charge is 0.465 e. The van der Waals surface area contributed by atoms with E-state index in [1.165, 1.54) is 6.07 Å². The number of carbonyl (C=O) groups excluding carboxylic acids is 1. The second-order valence-corrected chi connectivity index (χ2v) is 7.63. The topological polar surface area (TPSA) is 55.4 Å². The van der Waals surface area contributed by atoms with Crippen molar-refractivity contribution in [1.82, 2.24) is 5.32 Å². The van der Waals surface area contributed by atoms with Crippen LogP contribution in [0.25, 0.3) is 0 Å². The fourth-order valence-electron chi connectivity index (χ4n) is 1.95. The third-order valence-electron chi connectivity index (χ3n) is 3.48. The van der Waals surface area contributed by atoms with Crippen LogP contribution in [0.15, 0.2) is 52.3 Å². The van der Waals surface area contributed by atoms with Crippen LogP contribution in [0.3, 0.4) is 0 Å². The number of halogens is 6. The molecular weight excluding hydrogens is 441 g/mol. The Labute approximate surface area is 171 Å². The third kappa shape index (κ3) is 7.98. The van der Waals surface area contributed by atoms with E-state index in [4.69, 9.17) is 11.6 Å². The molecule has 160 valence electrons. The molecule has 0 amide bonds. The first-order valence-electron chi connectivity index (χ1n) is 7.84. The molecule has 1 aromatic rings. The lowest BCUT2D eigenvalue weighted by Crippen LogP contribution is -2.19. The number of allylic oxidation sites excluding steroid dienone is 4. The molecule has 11 heteroatoms. The molecule has 0 bridgehead atoms. The average molecular weight is 458 g/mol. The number of benzene rings is 1. The molecule has 1 aromatic carbocycles. The van der Waals surface area contributed by atoms with Gasteiger partial charge in [-0.15, -0.1) is 0 Å². The van der Waals surface area contributed by atoms with Crippen molar-refractivity contribution in [3.8, 4) is 0 Å². The van der Waals surface area contributed by atoms with Crippen molar-refractivity contribution in [2.75, 3.05) is 12.9 Å². The fourth-order valence-corrected chi connectivity index (χ4v) is 3.10. The smallest absolute Gasteiger partial charge is 0.400 e. The van der Waals surface area contributed by atoms with Gasteiger partial charge in [-0.3, -0.25) is 4.21 Å². The normalized spacial score (nSPS) is 14.1. The third-order valence-corrected chi connectivity index (χ3v) is 5.48. The second kappa shape index (κ2) is 10.5. The van der Waals surface area contributed by atoms with E-state index >= 15 is 0 Å². The Bertz CT molecular complexity index is 881. The van der Waals surface area contributed by atoms with Gasteiger partial charge in [0.15, 0.2) is 0 Å². The predicted molar refractivity (Wildman–Crippen MR) is 101 cm³/mol. The predicted octanol–water partition coefficient (Wildman–Crippen LogP) is 4.85. The van der Waals surface area contributed by atoms with E-state index in [2.05, 4.69) is 16.6 Å². The van der Waals surface area contributed by atoms with Crippen LogP contribution in [0.5, 0.6) is 0 Å². The maximum absolute atomic E-state index is 14.2. The highest BCUT2D eigenvalue weighted by molar-refractivity contribution is 7.89. The van der Waals surface area contributed by atoms with E-state index < -0.39 is 45.4 Å². The summed E-state index contributed by atoms with van der Waals surface area (Å²) in [5.74, 6) is -4.10. The fraction of sp³-hybridized carbons (Fsp3) is 0.278. The van der Waals surface area contributed by atoms with Crippen molar-refractivity contribution < 1.29 is 35.7 Å². The minimum Gasteiger partial charge on any atom is -0.465 e. The van der Waals surface area contributed by atoms with Crippen LogP contribution in [0.2, 0.25) is 0 Å². The summed E-state index contributed by atoms with van der Waals surface area (Å²) in [6.07, 6.45) is -3.99. The number of hydrogen-bond acceptors (Lipinski definition) is 4. The summed E-state index contributed by atoms with van der Waals surface area (Å²) in [5.41, 5.74) is -0.0949. The first kappa shape index (κ1) is 24.8. The molecule has 0 saturated heterocycles. The molecule has 1 unspecified atom stereocenters. The van der Waals surface area contributed by atoms with Gasteiger partial charge < -0.3 is 10.1 Å². The summed E-state index contributed by atoms with van der Waals surface area (Å²) in [5, 5.41) is 2.08. The molecule has 4 nitrogen and oxygen atoms in total. The molecule has 0 heterocycles. The molecule has 0 aliphatic rings. The first-order valence-corrected chi connectivity index (χ1v) is 9.54. The molecule has 0 saturated carbocycles. The highest BCUT2D eigenvalue weighted by Gasteiger charge is 2.31. The van der Waals surface area contributed by atoms with Gasteiger partial charge in [0.25, 0.3) is 0 Å². The first-order chi connectivity index (χ1) is 13.4. The monoisotopic (exact) mass is 457 g/mol. The van der Waals surface area contributed by atoms with Gasteiger partial charge in [0.2, 0.25) is 0 Å². The number of hydrogen-bond donors (Lipinski definition) is 1. The SMILES string of the molecule is C=C(NCc1ccc(F)cc1C(=O)OC)/C(F)=C\C(Cl)=C(/C)S(=O)CC(F)(F)F. The van der Waals surface area contributed by atoms with Crippen molar-refractivity contribution in [2.24, 2.45) is 0 Å². The van der Waals surface area contributed by atoms with Gasteiger partial charge in [-0.1, -0.05) is 24.2 Å². The van der Waals surface area contributed by atoms with E-state index in [0.717, 1.165) is 26.2 Å². The van der Waals surface area contributed by atoms with Crippen LogP contribution < -0.4 is 5.32 Å². The van der Waals surface area contributed by atoms with Crippen molar-refractivity contribution in [3.05, 3.63) is 69.3 Å². The number of nitrogens with one attached hydrogen (secondary N) is 1. The standard InChI is InChI=1S/C18H17ClF5NO3S/c1-10(16(21)7-15(19)11(2)29(27)9-18(22,23)24)25-8-12-4-5-13(20)6-14(12)17(26)28-3/h4-7,25H,1,8-9H2,2-3H3/b15-11-,16-7+. The van der Waals surface area contributed by atoms with Gasteiger partial charge in [0.1, 0.15) is 17.4 Å². The Morgan fingerprint density at radius 3 is 2.55 bits per heavy atom. The quantitative estimate of drug-likeness (QED) is 0.344. The van der Waals surface area contributed by atoms with E-state index in [9.17, 15) is 31.0 Å². The molecule has 0 aliphatic heterocycles. The van der Waals surface area contributed by atoms with Gasteiger partial charge in [-0.2, -0.15) is 13.2 Å². The number of alkyl halides is 3. The Kier molecular flexibility index (Phi) is 9.03. The summed E-state index contributed by atoms with van der Waals surface area (Å²) in [6, 6.07) is 3.34. The molecule has 0 spiro atoms. The summed E-state index contributed by atoms with van der Waals surface area (Å²) in [7, 11) is -1.35. The highest BCUT2D eigenvalue weighted by Crippen LogP contribution is 2.24. The van der Waals surface area contributed by atoms with Crippen LogP contribution in [-0.2, 0) is 22.1 Å². The Hall–Kier alpha value is -2.20. The number of rotatable bonds is 8. The summed E-state index contributed by atoms with van der Waals surface area (Å²) in [6.45, 7) is 4.37. The van der Waals surface area contributed by atoms with E-state index in [1.54, 1.807) is 0 Å². The number of carbonyl (C=O) groups is 1. The van der Waals surface area contributed by atoms with Gasteiger partial charge in [0.05, 0.1) is 34.2 Å². The highest BCUT2D eigenvalue weighted by atomic mass is 35.5. The van der Waals surface area contributed by atoms with Crippen LogP contribution in [0, 0.1) is 5.82 Å². The molecule has 0 aliphatic carbocycles. The lowest BCUT2D eigenvalue weighted by molar-refractivity contribution is -0.105. The number of ether oxygens (including phenoxy) is 1. The Morgan fingerprint density at radius 2 is 2.00 bits per heavy atom. The molecule has 1 N–H and O–H groups in total. The van der Waals surface area contributed by atoms with Crippen LogP contribution in [0.1, 0.15) is 22.8 Å². The Morgan fingerprint density at radius 1 is 1.38 bits per heavy atom. The number of methoxy groups -OCH3 is 1. The maximum atomic E-state index is 14.2. The van der Waals surface area contributed by atoms with Crippen molar-refractivity contribution in [1.29, 1.82) is 0 Å². The number of esters is 1. The van der Waals surface area contributed by atoms with Crippen LogP contribution >= 0.6 is 11.6 Å². The lowest BCUT2D eigenvalue weighted by atomic mass is 10.1. The summed E-state index contributed by atoms with van der Waals surface area (Å²) >= 11 is 5.75. The molecular formula is C18H17ClF5NO3S. The summed E-state index contributed by atoms with van der Waals surface area (Å²) < 4.78 is 80.6. The van der Waals surface area contributed by atoms with Gasteiger partial charge >= 0.3 is 12.1 Å². The lowest BCUT2D eigenvalue weighted by Gasteiger charge is -2.12. The van der Waals surface area contributed by atoms with Crippen LogP contribution in [-0.4, -0.2) is 29.2 Å². The molecule has 29 heavy (non-hydrogen) atoms. The zero-order chi connectivity index (χ0) is 22.4. The minimum absolute atomic E-state index is 0.0755. The molecule has 0 radical (unpaired) electrons. The van der Waals surface area contributed by atoms with Crippen molar-refractivity contribution in [2.45, 2.75) is 19.6 Å². The van der Waals surface area contributed by atoms with Gasteiger partial charge in [-0.25, -0.2) is 13.6 Å².